The van der Waals surface area contributed by atoms with E-state index in [0.717, 1.165) is 16.3 Å². The maximum atomic E-state index is 10.3. The molecule has 0 aliphatic heterocycles. The third-order valence-electron chi connectivity index (χ3n) is 2.31. The lowest BCUT2D eigenvalue weighted by atomic mass is 10.1. The quantitative estimate of drug-likeness (QED) is 0.678. The Morgan fingerprint density at radius 2 is 1.81 bits per heavy atom. The summed E-state index contributed by atoms with van der Waals surface area (Å²) in [5, 5.41) is 10.7. The van der Waals surface area contributed by atoms with Crippen molar-refractivity contribution < 1.29 is 9.90 Å². The average Bonchev–Trinajstić information content (AvgIpc) is 2.26. The number of aryl methyl sites for hydroxylation is 1. The molecule has 0 spiro atoms. The number of benzene rings is 2. The van der Waals surface area contributed by atoms with Crippen LogP contribution in [-0.4, -0.2) is 11.1 Å². The van der Waals surface area contributed by atoms with Crippen LogP contribution in [0.3, 0.4) is 0 Å². The first-order chi connectivity index (χ1) is 7.65. The molecule has 0 unspecified atom stereocenters. The zero-order valence-corrected chi connectivity index (χ0v) is 8.82. The molecule has 0 atom stereocenters. The van der Waals surface area contributed by atoms with Gasteiger partial charge in [0.15, 0.2) is 0 Å². The molecule has 2 nitrogen and oxygen atoms in total. The first-order valence-corrected chi connectivity index (χ1v) is 4.90. The summed E-state index contributed by atoms with van der Waals surface area (Å²) in [5.74, 6) is 3.60. The molecule has 0 radical (unpaired) electrons. The van der Waals surface area contributed by atoms with Gasteiger partial charge in [-0.1, -0.05) is 35.7 Å². The standard InChI is InChI=1S/C14H10O2/c1-10-2-5-13-9-11(4-7-14(15)16)3-6-12(13)8-10/h2-3,5-6,8-9H,1H3,(H,15,16). The summed E-state index contributed by atoms with van der Waals surface area (Å²) < 4.78 is 0. The van der Waals surface area contributed by atoms with E-state index in [1.165, 1.54) is 5.56 Å². The lowest BCUT2D eigenvalue weighted by molar-refractivity contribution is -0.130. The van der Waals surface area contributed by atoms with Gasteiger partial charge < -0.3 is 5.11 Å². The molecule has 16 heavy (non-hydrogen) atoms. The van der Waals surface area contributed by atoms with E-state index in [1.54, 1.807) is 0 Å². The highest BCUT2D eigenvalue weighted by Gasteiger charge is 1.95. The van der Waals surface area contributed by atoms with Crippen LogP contribution in [0.2, 0.25) is 0 Å². The second kappa shape index (κ2) is 4.08. The van der Waals surface area contributed by atoms with E-state index in [2.05, 4.69) is 17.9 Å². The maximum absolute atomic E-state index is 10.3. The van der Waals surface area contributed by atoms with Gasteiger partial charge in [-0.3, -0.25) is 0 Å². The molecule has 0 heterocycles. The van der Waals surface area contributed by atoms with Crippen LogP contribution in [0.1, 0.15) is 11.1 Å². The van der Waals surface area contributed by atoms with Gasteiger partial charge in [0.05, 0.1) is 0 Å². The van der Waals surface area contributed by atoms with E-state index < -0.39 is 5.97 Å². The van der Waals surface area contributed by atoms with Gasteiger partial charge in [-0.25, -0.2) is 4.79 Å². The van der Waals surface area contributed by atoms with Crippen LogP contribution >= 0.6 is 0 Å². The molecule has 0 fully saturated rings. The number of carboxylic acid groups (broad SMARTS) is 1. The zero-order valence-electron chi connectivity index (χ0n) is 8.82. The third kappa shape index (κ3) is 2.21. The van der Waals surface area contributed by atoms with Gasteiger partial charge in [-0.2, -0.15) is 0 Å². The summed E-state index contributed by atoms with van der Waals surface area (Å²) >= 11 is 0. The predicted octanol–water partition coefficient (Wildman–Crippen LogP) is 2.58. The second-order valence-corrected chi connectivity index (χ2v) is 3.62. The van der Waals surface area contributed by atoms with Crippen LogP contribution in [0.15, 0.2) is 36.4 Å². The van der Waals surface area contributed by atoms with Crippen LogP contribution in [-0.2, 0) is 4.79 Å². The van der Waals surface area contributed by atoms with Gasteiger partial charge in [0.2, 0.25) is 0 Å². The molecule has 0 saturated heterocycles. The molecule has 0 amide bonds. The maximum Gasteiger partial charge on any atom is 0.382 e. The Kier molecular flexibility index (Phi) is 2.61. The van der Waals surface area contributed by atoms with Crippen LogP contribution in [0.5, 0.6) is 0 Å². The molecular formula is C14H10O2. The Balaban J connectivity index is 2.50. The van der Waals surface area contributed by atoms with Crippen LogP contribution in [0, 0.1) is 18.8 Å². The molecule has 2 aromatic rings. The summed E-state index contributed by atoms with van der Waals surface area (Å²) in [4.78, 5) is 10.3. The van der Waals surface area contributed by atoms with Gasteiger partial charge in [0, 0.05) is 11.5 Å². The van der Waals surface area contributed by atoms with Crippen molar-refractivity contribution in [3.05, 3.63) is 47.5 Å². The first kappa shape index (κ1) is 10.3. The van der Waals surface area contributed by atoms with Crippen molar-refractivity contribution in [2.75, 3.05) is 0 Å². The van der Waals surface area contributed by atoms with E-state index in [9.17, 15) is 4.79 Å². The topological polar surface area (TPSA) is 37.3 Å². The largest absolute Gasteiger partial charge is 0.472 e. The predicted molar refractivity (Wildman–Crippen MR) is 63.2 cm³/mol. The van der Waals surface area contributed by atoms with Crippen molar-refractivity contribution in [1.82, 2.24) is 0 Å². The molecule has 0 aromatic heterocycles. The summed E-state index contributed by atoms with van der Waals surface area (Å²) in [6.45, 7) is 2.04. The highest BCUT2D eigenvalue weighted by molar-refractivity contribution is 5.88. The summed E-state index contributed by atoms with van der Waals surface area (Å²) in [5.41, 5.74) is 1.93. The third-order valence-corrected chi connectivity index (χ3v) is 2.31. The number of fused-ring (bicyclic) bond motifs is 1. The Labute approximate surface area is 93.5 Å². The fourth-order valence-corrected chi connectivity index (χ4v) is 1.57. The number of rotatable bonds is 0. The number of hydrogen-bond donors (Lipinski definition) is 1. The van der Waals surface area contributed by atoms with Gasteiger partial charge in [0.25, 0.3) is 0 Å². The fraction of sp³-hybridized carbons (Fsp3) is 0.0714. The molecular weight excluding hydrogens is 200 g/mol. The van der Waals surface area contributed by atoms with Crippen molar-refractivity contribution in [2.45, 2.75) is 6.92 Å². The molecule has 2 aromatic carbocycles. The molecule has 0 bridgehead atoms. The summed E-state index contributed by atoms with van der Waals surface area (Å²) in [6, 6.07) is 11.8. The van der Waals surface area contributed by atoms with Crippen LogP contribution < -0.4 is 0 Å². The van der Waals surface area contributed by atoms with E-state index in [1.807, 2.05) is 37.3 Å². The first-order valence-electron chi connectivity index (χ1n) is 4.90. The Hall–Kier alpha value is -2.27. The van der Waals surface area contributed by atoms with Gasteiger partial charge in [-0.15, -0.1) is 0 Å². The minimum Gasteiger partial charge on any atom is -0.472 e. The van der Waals surface area contributed by atoms with Gasteiger partial charge in [0.1, 0.15) is 0 Å². The van der Waals surface area contributed by atoms with E-state index >= 15 is 0 Å². The van der Waals surface area contributed by atoms with Crippen molar-refractivity contribution in [3.8, 4) is 11.8 Å². The molecule has 0 aliphatic rings. The summed E-state index contributed by atoms with van der Waals surface area (Å²) in [6.07, 6.45) is 0. The van der Waals surface area contributed by atoms with Crippen LogP contribution in [0.25, 0.3) is 10.8 Å². The van der Waals surface area contributed by atoms with E-state index in [-0.39, 0.29) is 0 Å². The molecule has 2 heteroatoms. The van der Waals surface area contributed by atoms with Gasteiger partial charge >= 0.3 is 5.97 Å². The lowest BCUT2D eigenvalue weighted by Gasteiger charge is -1.99. The molecule has 78 valence electrons. The van der Waals surface area contributed by atoms with Crippen LogP contribution in [0.4, 0.5) is 0 Å². The number of hydrogen-bond acceptors (Lipinski definition) is 1. The summed E-state index contributed by atoms with van der Waals surface area (Å²) in [7, 11) is 0. The average molecular weight is 210 g/mol. The Morgan fingerprint density at radius 1 is 1.12 bits per heavy atom. The Bertz CT molecular complexity index is 615. The monoisotopic (exact) mass is 210 g/mol. The smallest absolute Gasteiger partial charge is 0.382 e. The molecule has 1 N–H and O–H groups in total. The molecule has 2 rings (SSSR count). The van der Waals surface area contributed by atoms with E-state index in [4.69, 9.17) is 5.11 Å². The second-order valence-electron chi connectivity index (χ2n) is 3.62. The normalized spacial score (nSPS) is 9.56. The fourth-order valence-electron chi connectivity index (χ4n) is 1.57. The number of aliphatic carboxylic acids is 1. The highest BCUT2D eigenvalue weighted by atomic mass is 16.4. The van der Waals surface area contributed by atoms with E-state index in [0.29, 0.717) is 0 Å². The van der Waals surface area contributed by atoms with Crippen molar-refractivity contribution in [3.63, 3.8) is 0 Å². The minimum atomic E-state index is -1.11. The lowest BCUT2D eigenvalue weighted by Crippen LogP contribution is -1.87. The molecule has 0 aliphatic carbocycles. The Morgan fingerprint density at radius 3 is 2.56 bits per heavy atom. The molecule has 0 saturated carbocycles. The van der Waals surface area contributed by atoms with Crippen molar-refractivity contribution >= 4 is 16.7 Å². The minimum absolute atomic E-state index is 0.721. The zero-order chi connectivity index (χ0) is 11.5. The number of carbonyl (C=O) groups is 1. The van der Waals surface area contributed by atoms with Gasteiger partial charge in [-0.05, 0) is 29.8 Å². The highest BCUT2D eigenvalue weighted by Crippen LogP contribution is 2.17. The number of carboxylic acids is 1. The van der Waals surface area contributed by atoms with Crippen molar-refractivity contribution in [2.24, 2.45) is 0 Å². The van der Waals surface area contributed by atoms with Crippen molar-refractivity contribution in [1.29, 1.82) is 0 Å². The SMILES string of the molecule is Cc1ccc2cc(C#CC(=O)O)ccc2c1.